The molecule has 0 bridgehead atoms. The summed E-state index contributed by atoms with van der Waals surface area (Å²) in [6.07, 6.45) is 6.07. The molecule has 1 atom stereocenters. The number of hydrogen-bond acceptors (Lipinski definition) is 4. The summed E-state index contributed by atoms with van der Waals surface area (Å²) >= 11 is 0. The van der Waals surface area contributed by atoms with Crippen molar-refractivity contribution in [3.63, 3.8) is 0 Å². The van der Waals surface area contributed by atoms with Gasteiger partial charge in [-0.1, -0.05) is 18.2 Å². The highest BCUT2D eigenvalue weighted by Gasteiger charge is 2.30. The molecule has 5 nitrogen and oxygen atoms in total. The Morgan fingerprint density at radius 1 is 1.21 bits per heavy atom. The van der Waals surface area contributed by atoms with Crippen molar-refractivity contribution in [2.24, 2.45) is 5.92 Å². The number of fused-ring (bicyclic) bond motifs is 1. The molecule has 0 spiro atoms. The lowest BCUT2D eigenvalue weighted by molar-refractivity contribution is 0.0653. The fourth-order valence-corrected chi connectivity index (χ4v) is 4.62. The molecule has 5 heteroatoms. The molecule has 1 fully saturated rings. The number of anilines is 1. The molecule has 1 aromatic carbocycles. The highest BCUT2D eigenvalue weighted by Crippen LogP contribution is 2.34. The number of nitrogens with one attached hydrogen (secondary N) is 1. The Morgan fingerprint density at radius 3 is 2.79 bits per heavy atom. The zero-order chi connectivity index (χ0) is 19.5. The summed E-state index contributed by atoms with van der Waals surface area (Å²) in [6.45, 7) is 5.68. The number of benzene rings is 1. The van der Waals surface area contributed by atoms with Crippen LogP contribution >= 0.6 is 0 Å². The third kappa shape index (κ3) is 3.81. The zero-order valence-corrected chi connectivity index (χ0v) is 17.0. The summed E-state index contributed by atoms with van der Waals surface area (Å²) in [5, 5.41) is 3.22. The number of carbonyl (C=O) groups excluding carboxylic acids is 1. The number of amides is 1. The van der Waals surface area contributed by atoms with Gasteiger partial charge in [-0.3, -0.25) is 4.79 Å². The molecule has 0 aliphatic carbocycles. The molecular weight excluding hydrogens is 350 g/mol. The van der Waals surface area contributed by atoms with Crippen LogP contribution in [0.1, 0.15) is 47.9 Å². The third-order valence-electron chi connectivity index (χ3n) is 6.33. The molecule has 0 radical (unpaired) electrons. The number of para-hydroxylation sites is 1. The molecule has 1 amide bonds. The van der Waals surface area contributed by atoms with Crippen LogP contribution in [0.5, 0.6) is 0 Å². The second kappa shape index (κ2) is 8.39. The Hall–Kier alpha value is -2.27. The van der Waals surface area contributed by atoms with E-state index in [2.05, 4.69) is 41.4 Å². The van der Waals surface area contributed by atoms with E-state index in [0.717, 1.165) is 50.4 Å². The predicted octanol–water partition coefficient (Wildman–Crippen LogP) is 3.69. The first-order valence-electron chi connectivity index (χ1n) is 10.5. The lowest BCUT2D eigenvalue weighted by atomic mass is 9.93. The number of rotatable bonds is 6. The fraction of sp³-hybridized carbons (Fsp3) is 0.522. The maximum atomic E-state index is 13.1. The van der Waals surface area contributed by atoms with Gasteiger partial charge in [0.25, 0.3) is 5.91 Å². The molecule has 2 aromatic rings. The van der Waals surface area contributed by atoms with Crippen molar-refractivity contribution < 1.29 is 9.21 Å². The average Bonchev–Trinajstić information content (AvgIpc) is 3.31. The van der Waals surface area contributed by atoms with Crippen molar-refractivity contribution in [2.75, 3.05) is 31.6 Å². The number of piperidine rings is 1. The Labute approximate surface area is 167 Å². The molecule has 3 heterocycles. The molecule has 2 aliphatic rings. The normalized spacial score (nSPS) is 19.9. The van der Waals surface area contributed by atoms with Crippen LogP contribution in [0.2, 0.25) is 0 Å². The number of carbonyl (C=O) groups is 1. The van der Waals surface area contributed by atoms with Crippen LogP contribution in [-0.2, 0) is 13.0 Å². The van der Waals surface area contributed by atoms with E-state index in [4.69, 9.17) is 4.42 Å². The molecule has 0 saturated carbocycles. The monoisotopic (exact) mass is 381 g/mol. The molecule has 1 saturated heterocycles. The molecule has 28 heavy (non-hydrogen) atoms. The third-order valence-corrected chi connectivity index (χ3v) is 6.33. The van der Waals surface area contributed by atoms with Gasteiger partial charge in [-0.15, -0.1) is 0 Å². The summed E-state index contributed by atoms with van der Waals surface area (Å²) < 4.78 is 5.68. The van der Waals surface area contributed by atoms with Crippen LogP contribution in [0.15, 0.2) is 41.0 Å². The number of likely N-dealkylation sites (tertiary alicyclic amines) is 1. The summed E-state index contributed by atoms with van der Waals surface area (Å²) in [5.74, 6) is 1.28. The van der Waals surface area contributed by atoms with E-state index in [1.165, 1.54) is 17.7 Å². The summed E-state index contributed by atoms with van der Waals surface area (Å²) in [7, 11) is 2.00. The van der Waals surface area contributed by atoms with Gasteiger partial charge in [0.2, 0.25) is 0 Å². The van der Waals surface area contributed by atoms with Crippen LogP contribution in [0.3, 0.4) is 0 Å². The smallest absolute Gasteiger partial charge is 0.289 e. The van der Waals surface area contributed by atoms with Crippen molar-refractivity contribution >= 4 is 11.6 Å². The van der Waals surface area contributed by atoms with E-state index in [0.29, 0.717) is 18.3 Å². The maximum absolute atomic E-state index is 13.1. The van der Waals surface area contributed by atoms with E-state index in [-0.39, 0.29) is 5.91 Å². The van der Waals surface area contributed by atoms with Crippen molar-refractivity contribution in [2.45, 2.75) is 45.2 Å². The SMILES string of the molecule is CNCCC1CCN(C(=O)c2occc2CN2c3ccccc3CC2C)CC1. The van der Waals surface area contributed by atoms with Crippen molar-refractivity contribution in [1.82, 2.24) is 10.2 Å². The number of nitrogens with zero attached hydrogens (tertiary/aromatic N) is 2. The van der Waals surface area contributed by atoms with Crippen LogP contribution in [0, 0.1) is 5.92 Å². The quantitative estimate of drug-likeness (QED) is 0.829. The average molecular weight is 382 g/mol. The van der Waals surface area contributed by atoms with E-state index >= 15 is 0 Å². The van der Waals surface area contributed by atoms with Gasteiger partial charge < -0.3 is 19.5 Å². The van der Waals surface area contributed by atoms with Crippen molar-refractivity contribution in [1.29, 1.82) is 0 Å². The van der Waals surface area contributed by atoms with Gasteiger partial charge in [-0.25, -0.2) is 0 Å². The van der Waals surface area contributed by atoms with Gasteiger partial charge in [-0.05, 0) is 69.8 Å². The first-order chi connectivity index (χ1) is 13.7. The second-order valence-electron chi connectivity index (χ2n) is 8.21. The second-order valence-corrected chi connectivity index (χ2v) is 8.21. The van der Waals surface area contributed by atoms with E-state index in [1.54, 1.807) is 6.26 Å². The van der Waals surface area contributed by atoms with Gasteiger partial charge >= 0.3 is 0 Å². The minimum atomic E-state index is 0.0483. The Morgan fingerprint density at radius 2 is 2.00 bits per heavy atom. The van der Waals surface area contributed by atoms with Crippen LogP contribution in [0.25, 0.3) is 0 Å². The van der Waals surface area contributed by atoms with Crippen LogP contribution in [0.4, 0.5) is 5.69 Å². The van der Waals surface area contributed by atoms with Crippen LogP contribution in [-0.4, -0.2) is 43.5 Å². The standard InChI is InChI=1S/C23H31N3O2/c1-17-15-19-5-3-4-6-21(19)26(17)16-20-10-14-28-22(20)23(27)25-12-8-18(9-13-25)7-11-24-2/h3-6,10,14,17-18,24H,7-9,11-13,15-16H2,1-2H3. The highest BCUT2D eigenvalue weighted by molar-refractivity contribution is 5.93. The lowest BCUT2D eigenvalue weighted by Crippen LogP contribution is -2.39. The first kappa shape index (κ1) is 19.1. The minimum absolute atomic E-state index is 0.0483. The Kier molecular flexibility index (Phi) is 5.72. The molecule has 1 aromatic heterocycles. The van der Waals surface area contributed by atoms with Gasteiger partial charge in [0.15, 0.2) is 5.76 Å². The van der Waals surface area contributed by atoms with Gasteiger partial charge in [-0.2, -0.15) is 0 Å². The summed E-state index contributed by atoms with van der Waals surface area (Å²) in [6, 6.07) is 11.0. The first-order valence-corrected chi connectivity index (χ1v) is 10.5. The summed E-state index contributed by atoms with van der Waals surface area (Å²) in [5.41, 5.74) is 3.65. The predicted molar refractivity (Wildman–Crippen MR) is 112 cm³/mol. The molecule has 1 N–H and O–H groups in total. The Balaban J connectivity index is 1.43. The van der Waals surface area contributed by atoms with Gasteiger partial charge in [0.1, 0.15) is 0 Å². The number of furan rings is 1. The van der Waals surface area contributed by atoms with E-state index in [9.17, 15) is 4.79 Å². The summed E-state index contributed by atoms with van der Waals surface area (Å²) in [4.78, 5) is 17.5. The lowest BCUT2D eigenvalue weighted by Gasteiger charge is -2.32. The molecule has 1 unspecified atom stereocenters. The van der Waals surface area contributed by atoms with Crippen molar-refractivity contribution in [3.8, 4) is 0 Å². The molecular formula is C23H31N3O2. The van der Waals surface area contributed by atoms with E-state index in [1.807, 2.05) is 18.0 Å². The molecule has 2 aliphatic heterocycles. The van der Waals surface area contributed by atoms with Gasteiger partial charge in [0, 0.05) is 36.9 Å². The maximum Gasteiger partial charge on any atom is 0.289 e. The van der Waals surface area contributed by atoms with Gasteiger partial charge in [0.05, 0.1) is 6.26 Å². The highest BCUT2D eigenvalue weighted by atomic mass is 16.3. The zero-order valence-electron chi connectivity index (χ0n) is 17.0. The fourth-order valence-electron chi connectivity index (χ4n) is 4.62. The van der Waals surface area contributed by atoms with Crippen molar-refractivity contribution in [3.05, 3.63) is 53.5 Å². The molecule has 4 rings (SSSR count). The molecule has 150 valence electrons. The largest absolute Gasteiger partial charge is 0.459 e. The topological polar surface area (TPSA) is 48.7 Å². The minimum Gasteiger partial charge on any atom is -0.459 e. The van der Waals surface area contributed by atoms with E-state index < -0.39 is 0 Å². The van der Waals surface area contributed by atoms with Crippen LogP contribution < -0.4 is 10.2 Å². The Bertz CT molecular complexity index is 808. The number of hydrogen-bond donors (Lipinski definition) is 1.